The molecule has 1 N–H and O–H groups in total. The predicted molar refractivity (Wildman–Crippen MR) is 78.7 cm³/mol. The van der Waals surface area contributed by atoms with Gasteiger partial charge in [0, 0.05) is 24.0 Å². The molecule has 2 rings (SSSR count). The molecule has 0 radical (unpaired) electrons. The monoisotopic (exact) mass is 278 g/mol. The molecule has 2 aromatic heterocycles. The van der Waals surface area contributed by atoms with Crippen molar-refractivity contribution in [3.8, 4) is 11.4 Å². The van der Waals surface area contributed by atoms with Crippen molar-refractivity contribution in [3.63, 3.8) is 0 Å². The summed E-state index contributed by atoms with van der Waals surface area (Å²) in [7, 11) is 0. The van der Waals surface area contributed by atoms with Gasteiger partial charge in [0.15, 0.2) is 5.13 Å². The van der Waals surface area contributed by atoms with Crippen LogP contribution in [0.4, 0.5) is 5.13 Å². The highest BCUT2D eigenvalue weighted by Gasteiger charge is 2.08. The molecule has 2 aromatic rings. The molecule has 0 aliphatic carbocycles. The molecule has 102 valence electrons. The van der Waals surface area contributed by atoms with E-state index in [4.69, 9.17) is 0 Å². The quantitative estimate of drug-likeness (QED) is 0.913. The van der Waals surface area contributed by atoms with Gasteiger partial charge in [0.25, 0.3) is 5.56 Å². The summed E-state index contributed by atoms with van der Waals surface area (Å²) >= 11 is 1.55. The number of rotatable bonds is 5. The number of thiazole rings is 1. The molecule has 0 bridgehead atoms. The van der Waals surface area contributed by atoms with E-state index in [2.05, 4.69) is 29.2 Å². The topological polar surface area (TPSA) is 59.8 Å². The summed E-state index contributed by atoms with van der Waals surface area (Å²) in [5, 5.41) is 10.4. The number of anilines is 1. The lowest BCUT2D eigenvalue weighted by molar-refractivity contribution is 0.570. The first-order valence-electron chi connectivity index (χ1n) is 6.40. The Morgan fingerprint density at radius 1 is 1.37 bits per heavy atom. The maximum atomic E-state index is 11.6. The first-order chi connectivity index (χ1) is 9.10. The molecular weight excluding hydrogens is 260 g/mol. The maximum Gasteiger partial charge on any atom is 0.266 e. The van der Waals surface area contributed by atoms with Gasteiger partial charge in [-0.05, 0) is 26.3 Å². The van der Waals surface area contributed by atoms with Crippen LogP contribution in [0.3, 0.4) is 0 Å². The fourth-order valence-corrected chi connectivity index (χ4v) is 2.51. The Kier molecular flexibility index (Phi) is 4.31. The second-order valence-electron chi connectivity index (χ2n) is 4.62. The van der Waals surface area contributed by atoms with Crippen LogP contribution in [0.5, 0.6) is 0 Å². The molecule has 0 fully saturated rings. The van der Waals surface area contributed by atoms with Crippen molar-refractivity contribution in [1.29, 1.82) is 0 Å². The average Bonchev–Trinajstić information content (AvgIpc) is 2.80. The number of nitrogens with one attached hydrogen (secondary N) is 1. The number of hydrogen-bond donors (Lipinski definition) is 1. The molecule has 19 heavy (non-hydrogen) atoms. The third-order valence-corrected chi connectivity index (χ3v) is 3.25. The maximum absolute atomic E-state index is 11.6. The van der Waals surface area contributed by atoms with Gasteiger partial charge >= 0.3 is 0 Å². The highest BCUT2D eigenvalue weighted by molar-refractivity contribution is 7.14. The molecule has 0 saturated carbocycles. The number of hydrogen-bond acceptors (Lipinski definition) is 5. The Labute approximate surface area is 116 Å². The fourth-order valence-electron chi connectivity index (χ4n) is 1.66. The molecule has 2 heterocycles. The Bertz CT molecular complexity index is 603. The zero-order valence-electron chi connectivity index (χ0n) is 11.4. The van der Waals surface area contributed by atoms with Crippen LogP contribution < -0.4 is 10.9 Å². The van der Waals surface area contributed by atoms with Gasteiger partial charge in [0.05, 0.1) is 0 Å². The molecule has 0 aliphatic heterocycles. The highest BCUT2D eigenvalue weighted by atomic mass is 32.1. The molecule has 5 nitrogen and oxygen atoms in total. The Hall–Kier alpha value is -1.69. The first-order valence-corrected chi connectivity index (χ1v) is 7.28. The van der Waals surface area contributed by atoms with Crippen LogP contribution in [-0.2, 0) is 6.54 Å². The van der Waals surface area contributed by atoms with Gasteiger partial charge in [0.1, 0.15) is 11.4 Å². The van der Waals surface area contributed by atoms with E-state index in [1.54, 1.807) is 23.5 Å². The minimum absolute atomic E-state index is 0.0682. The van der Waals surface area contributed by atoms with Crippen LogP contribution in [0, 0.1) is 0 Å². The van der Waals surface area contributed by atoms with Gasteiger partial charge in [-0.25, -0.2) is 9.67 Å². The minimum Gasteiger partial charge on any atom is -0.359 e. The van der Waals surface area contributed by atoms with Crippen LogP contribution in [-0.4, -0.2) is 20.8 Å². The summed E-state index contributed by atoms with van der Waals surface area (Å²) in [6.45, 7) is 6.80. The van der Waals surface area contributed by atoms with Crippen LogP contribution in [0.2, 0.25) is 0 Å². The number of aryl methyl sites for hydroxylation is 1. The lowest BCUT2D eigenvalue weighted by Crippen LogP contribution is -2.22. The van der Waals surface area contributed by atoms with Crippen molar-refractivity contribution in [1.82, 2.24) is 14.8 Å². The molecule has 0 spiro atoms. The second-order valence-corrected chi connectivity index (χ2v) is 5.47. The van der Waals surface area contributed by atoms with E-state index in [1.165, 1.54) is 4.68 Å². The summed E-state index contributed by atoms with van der Waals surface area (Å²) < 4.78 is 1.49. The van der Waals surface area contributed by atoms with Crippen LogP contribution in [0.25, 0.3) is 11.4 Å². The summed E-state index contributed by atoms with van der Waals surface area (Å²) in [5.74, 6) is 0. The summed E-state index contributed by atoms with van der Waals surface area (Å²) in [6, 6.07) is 3.62. The molecule has 0 atom stereocenters. The van der Waals surface area contributed by atoms with E-state index in [1.807, 2.05) is 12.3 Å². The Morgan fingerprint density at radius 3 is 2.84 bits per heavy atom. The molecule has 0 aromatic carbocycles. The summed E-state index contributed by atoms with van der Waals surface area (Å²) in [6.07, 6.45) is 0.883. The largest absolute Gasteiger partial charge is 0.359 e. The molecule has 0 aliphatic rings. The number of nitrogens with zero attached hydrogens (tertiary/aromatic N) is 3. The van der Waals surface area contributed by atoms with Gasteiger partial charge in [-0.15, -0.1) is 11.3 Å². The summed E-state index contributed by atoms with van der Waals surface area (Å²) in [5.41, 5.74) is 1.47. The average molecular weight is 278 g/mol. The fraction of sp³-hybridized carbons (Fsp3) is 0.462. The predicted octanol–water partition coefficient (Wildman–Crippen LogP) is 2.60. The van der Waals surface area contributed by atoms with Crippen molar-refractivity contribution in [2.75, 3.05) is 5.32 Å². The van der Waals surface area contributed by atoms with E-state index in [9.17, 15) is 4.79 Å². The van der Waals surface area contributed by atoms with Crippen molar-refractivity contribution >= 4 is 16.5 Å². The van der Waals surface area contributed by atoms with Crippen molar-refractivity contribution in [2.45, 2.75) is 39.8 Å². The van der Waals surface area contributed by atoms with E-state index in [-0.39, 0.29) is 5.56 Å². The zero-order valence-corrected chi connectivity index (χ0v) is 12.2. The van der Waals surface area contributed by atoms with E-state index >= 15 is 0 Å². The SMILES string of the molecule is CCCn1nc(-c2csc(NC(C)C)n2)ccc1=O. The third kappa shape index (κ3) is 3.41. The molecule has 0 unspecified atom stereocenters. The molecule has 0 saturated heterocycles. The first kappa shape index (κ1) is 13.7. The van der Waals surface area contributed by atoms with Crippen LogP contribution in [0.15, 0.2) is 22.3 Å². The molecule has 6 heteroatoms. The lowest BCUT2D eigenvalue weighted by atomic mass is 10.3. The van der Waals surface area contributed by atoms with Crippen LogP contribution in [0.1, 0.15) is 27.2 Å². The van der Waals surface area contributed by atoms with Gasteiger partial charge in [-0.3, -0.25) is 4.79 Å². The van der Waals surface area contributed by atoms with E-state index in [0.29, 0.717) is 12.6 Å². The van der Waals surface area contributed by atoms with Gasteiger partial charge in [-0.2, -0.15) is 5.10 Å². The Balaban J connectivity index is 2.28. The lowest BCUT2D eigenvalue weighted by Gasteiger charge is -2.05. The highest BCUT2D eigenvalue weighted by Crippen LogP contribution is 2.23. The Morgan fingerprint density at radius 2 is 2.16 bits per heavy atom. The van der Waals surface area contributed by atoms with Crippen molar-refractivity contribution in [3.05, 3.63) is 27.9 Å². The molecule has 0 amide bonds. The second kappa shape index (κ2) is 5.97. The van der Waals surface area contributed by atoms with Crippen molar-refractivity contribution in [2.24, 2.45) is 0 Å². The standard InChI is InChI=1S/C13H18N4OS/c1-4-7-17-12(18)6-5-10(16-17)11-8-19-13(15-11)14-9(2)3/h5-6,8-9H,4,7H2,1-3H3,(H,14,15). The zero-order chi connectivity index (χ0) is 13.8. The summed E-state index contributed by atoms with van der Waals surface area (Å²) in [4.78, 5) is 16.1. The van der Waals surface area contributed by atoms with E-state index < -0.39 is 0 Å². The minimum atomic E-state index is -0.0682. The number of aromatic nitrogens is 3. The third-order valence-electron chi connectivity index (χ3n) is 2.48. The molecular formula is C13H18N4OS. The normalized spacial score (nSPS) is 10.9. The van der Waals surface area contributed by atoms with Gasteiger partial charge < -0.3 is 5.32 Å². The van der Waals surface area contributed by atoms with E-state index in [0.717, 1.165) is 22.9 Å². The van der Waals surface area contributed by atoms with Crippen LogP contribution >= 0.6 is 11.3 Å². The van der Waals surface area contributed by atoms with Crippen molar-refractivity contribution < 1.29 is 0 Å². The van der Waals surface area contributed by atoms with Gasteiger partial charge in [-0.1, -0.05) is 6.92 Å². The van der Waals surface area contributed by atoms with Gasteiger partial charge in [0.2, 0.25) is 0 Å². The smallest absolute Gasteiger partial charge is 0.266 e.